The van der Waals surface area contributed by atoms with Crippen LogP contribution >= 0.6 is 0 Å². The van der Waals surface area contributed by atoms with Gasteiger partial charge in [-0.05, 0) is 17.8 Å². The number of nitrogens with zero attached hydrogens (tertiary/aromatic N) is 2. The third kappa shape index (κ3) is 4.51. The molecule has 0 amide bonds. The Balaban J connectivity index is 2.53. The first-order chi connectivity index (χ1) is 7.38. The maximum absolute atomic E-state index is 11.9. The monoisotopic (exact) mass is 220 g/mol. The number of carbonyl (C=O) groups is 1. The largest absolute Gasteiger partial charge is 0.294 e. The van der Waals surface area contributed by atoms with Crippen LogP contribution in [-0.4, -0.2) is 15.8 Å². The summed E-state index contributed by atoms with van der Waals surface area (Å²) in [6, 6.07) is 0. The highest BCUT2D eigenvalue weighted by atomic mass is 16.1. The highest BCUT2D eigenvalue weighted by Gasteiger charge is 2.18. The molecule has 1 rings (SSSR count). The molecule has 0 aliphatic carbocycles. The molecule has 0 radical (unpaired) electrons. The summed E-state index contributed by atoms with van der Waals surface area (Å²) in [5.41, 5.74) is 0.885. The van der Waals surface area contributed by atoms with Crippen molar-refractivity contribution in [2.45, 2.75) is 40.5 Å². The van der Waals surface area contributed by atoms with E-state index in [1.807, 2.05) is 0 Å². The van der Waals surface area contributed by atoms with Crippen LogP contribution in [0, 0.1) is 11.3 Å². The predicted molar refractivity (Wildman–Crippen MR) is 64.2 cm³/mol. The molecule has 3 nitrogen and oxygen atoms in total. The molecule has 0 N–H and O–H groups in total. The van der Waals surface area contributed by atoms with E-state index < -0.39 is 0 Å². The van der Waals surface area contributed by atoms with Crippen LogP contribution in [0.3, 0.4) is 0 Å². The number of carbonyl (C=O) groups excluding carboxylic acids is 1. The molecule has 1 atom stereocenters. The minimum absolute atomic E-state index is 0.136. The quantitative estimate of drug-likeness (QED) is 0.732. The fourth-order valence-corrected chi connectivity index (χ4v) is 1.99. The fourth-order valence-electron chi connectivity index (χ4n) is 1.99. The fraction of sp³-hybridized carbons (Fsp3) is 0.615. The van der Waals surface area contributed by atoms with Crippen molar-refractivity contribution in [1.82, 2.24) is 9.97 Å². The molecule has 3 heteroatoms. The summed E-state index contributed by atoms with van der Waals surface area (Å²) in [5.74, 6) is 0.532. The standard InChI is InChI=1S/C13H20N2O/c1-10(6-13(2,3)4)5-12(16)11-7-14-9-15-8-11/h7-10H,5-6H2,1-4H3. The second-order valence-electron chi connectivity index (χ2n) is 5.62. The first kappa shape index (κ1) is 12.8. The van der Waals surface area contributed by atoms with Gasteiger partial charge in [0, 0.05) is 18.8 Å². The lowest BCUT2D eigenvalue weighted by atomic mass is 9.83. The zero-order valence-electron chi connectivity index (χ0n) is 10.5. The maximum Gasteiger partial charge on any atom is 0.166 e. The molecule has 0 bridgehead atoms. The average molecular weight is 220 g/mol. The van der Waals surface area contributed by atoms with Crippen LogP contribution in [0.25, 0.3) is 0 Å². The summed E-state index contributed by atoms with van der Waals surface area (Å²) in [7, 11) is 0. The molecule has 0 spiro atoms. The number of hydrogen-bond donors (Lipinski definition) is 0. The van der Waals surface area contributed by atoms with Crippen LogP contribution in [-0.2, 0) is 0 Å². The topological polar surface area (TPSA) is 42.9 Å². The molecule has 1 aromatic heterocycles. The Bertz CT molecular complexity index is 341. The summed E-state index contributed by atoms with van der Waals surface area (Å²) in [6.45, 7) is 8.70. The van der Waals surface area contributed by atoms with Gasteiger partial charge in [0.1, 0.15) is 6.33 Å². The second kappa shape index (κ2) is 5.19. The van der Waals surface area contributed by atoms with E-state index in [2.05, 4.69) is 37.7 Å². The van der Waals surface area contributed by atoms with Crippen molar-refractivity contribution in [1.29, 1.82) is 0 Å². The van der Waals surface area contributed by atoms with Gasteiger partial charge in [0.2, 0.25) is 0 Å². The second-order valence-corrected chi connectivity index (χ2v) is 5.62. The zero-order chi connectivity index (χ0) is 12.2. The average Bonchev–Trinajstić information content (AvgIpc) is 2.16. The van der Waals surface area contributed by atoms with E-state index in [-0.39, 0.29) is 11.2 Å². The summed E-state index contributed by atoms with van der Waals surface area (Å²) >= 11 is 0. The van der Waals surface area contributed by atoms with E-state index in [1.54, 1.807) is 12.4 Å². The SMILES string of the molecule is CC(CC(=O)c1cncnc1)CC(C)(C)C. The van der Waals surface area contributed by atoms with E-state index in [9.17, 15) is 4.79 Å². The molecule has 0 fully saturated rings. The van der Waals surface area contributed by atoms with Gasteiger partial charge < -0.3 is 0 Å². The van der Waals surface area contributed by atoms with Gasteiger partial charge in [-0.1, -0.05) is 27.7 Å². The molecule has 0 aromatic carbocycles. The molecule has 88 valence electrons. The zero-order valence-corrected chi connectivity index (χ0v) is 10.5. The van der Waals surface area contributed by atoms with Gasteiger partial charge in [-0.3, -0.25) is 4.79 Å². The molecule has 0 aliphatic heterocycles. The Morgan fingerprint density at radius 3 is 2.38 bits per heavy atom. The molecular weight excluding hydrogens is 200 g/mol. The minimum Gasteiger partial charge on any atom is -0.294 e. The summed E-state index contributed by atoms with van der Waals surface area (Å²) in [6.07, 6.45) is 6.23. The van der Waals surface area contributed by atoms with Gasteiger partial charge in [-0.25, -0.2) is 9.97 Å². The molecule has 0 aliphatic rings. The van der Waals surface area contributed by atoms with Gasteiger partial charge in [0.15, 0.2) is 5.78 Å². The van der Waals surface area contributed by atoms with Crippen molar-refractivity contribution in [2.75, 3.05) is 0 Å². The minimum atomic E-state index is 0.136. The van der Waals surface area contributed by atoms with E-state index in [1.165, 1.54) is 6.33 Å². The van der Waals surface area contributed by atoms with Crippen molar-refractivity contribution in [2.24, 2.45) is 11.3 Å². The van der Waals surface area contributed by atoms with E-state index in [4.69, 9.17) is 0 Å². The molecule has 16 heavy (non-hydrogen) atoms. The van der Waals surface area contributed by atoms with E-state index in [0.29, 0.717) is 17.9 Å². The van der Waals surface area contributed by atoms with Crippen LogP contribution in [0.5, 0.6) is 0 Å². The Morgan fingerprint density at radius 1 is 1.31 bits per heavy atom. The number of hydrogen-bond acceptors (Lipinski definition) is 3. The van der Waals surface area contributed by atoms with Crippen molar-refractivity contribution >= 4 is 5.78 Å². The molecule has 1 heterocycles. The lowest BCUT2D eigenvalue weighted by Gasteiger charge is -2.22. The normalized spacial score (nSPS) is 13.5. The Morgan fingerprint density at radius 2 is 1.88 bits per heavy atom. The Kier molecular flexibility index (Phi) is 4.16. The molecule has 0 saturated heterocycles. The van der Waals surface area contributed by atoms with Crippen molar-refractivity contribution in [3.05, 3.63) is 24.3 Å². The van der Waals surface area contributed by atoms with E-state index in [0.717, 1.165) is 6.42 Å². The summed E-state index contributed by atoms with van der Waals surface area (Å²) in [5, 5.41) is 0. The predicted octanol–water partition coefficient (Wildman–Crippen LogP) is 3.12. The third-order valence-electron chi connectivity index (χ3n) is 2.38. The van der Waals surface area contributed by atoms with Crippen LogP contribution in [0.4, 0.5) is 0 Å². The first-order valence-corrected chi connectivity index (χ1v) is 5.67. The lowest BCUT2D eigenvalue weighted by Crippen LogP contribution is -2.14. The number of Topliss-reactive ketones (excluding diaryl/α,β-unsaturated/α-hetero) is 1. The van der Waals surface area contributed by atoms with Crippen molar-refractivity contribution in [3.63, 3.8) is 0 Å². The Hall–Kier alpha value is -1.25. The van der Waals surface area contributed by atoms with Gasteiger partial charge in [-0.15, -0.1) is 0 Å². The lowest BCUT2D eigenvalue weighted by molar-refractivity contribution is 0.0953. The Labute approximate surface area is 97.3 Å². The first-order valence-electron chi connectivity index (χ1n) is 5.67. The number of rotatable bonds is 4. The molecule has 1 aromatic rings. The third-order valence-corrected chi connectivity index (χ3v) is 2.38. The summed E-state index contributed by atoms with van der Waals surface area (Å²) < 4.78 is 0. The summed E-state index contributed by atoms with van der Waals surface area (Å²) in [4.78, 5) is 19.6. The van der Waals surface area contributed by atoms with Gasteiger partial charge in [-0.2, -0.15) is 0 Å². The highest BCUT2D eigenvalue weighted by molar-refractivity contribution is 5.95. The van der Waals surface area contributed by atoms with Crippen LogP contribution in [0.1, 0.15) is 50.9 Å². The van der Waals surface area contributed by atoms with Crippen LogP contribution in [0.2, 0.25) is 0 Å². The van der Waals surface area contributed by atoms with Gasteiger partial charge in [0.25, 0.3) is 0 Å². The van der Waals surface area contributed by atoms with Crippen LogP contribution < -0.4 is 0 Å². The molecule has 0 saturated carbocycles. The smallest absolute Gasteiger partial charge is 0.166 e. The van der Waals surface area contributed by atoms with Gasteiger partial charge in [0.05, 0.1) is 5.56 Å². The van der Waals surface area contributed by atoms with Crippen molar-refractivity contribution < 1.29 is 4.79 Å². The highest BCUT2D eigenvalue weighted by Crippen LogP contribution is 2.26. The number of ketones is 1. The van der Waals surface area contributed by atoms with E-state index >= 15 is 0 Å². The molecular formula is C13H20N2O. The van der Waals surface area contributed by atoms with Crippen molar-refractivity contribution in [3.8, 4) is 0 Å². The molecule has 1 unspecified atom stereocenters. The van der Waals surface area contributed by atoms with Gasteiger partial charge >= 0.3 is 0 Å². The maximum atomic E-state index is 11.9. The number of aromatic nitrogens is 2. The van der Waals surface area contributed by atoms with Crippen LogP contribution in [0.15, 0.2) is 18.7 Å².